The molecule has 1 heteroatoms. The summed E-state index contributed by atoms with van der Waals surface area (Å²) in [6.45, 7) is 6.09. The fourth-order valence-corrected chi connectivity index (χ4v) is 2.95. The standard InChI is InChI=1S/C11H21N/c1-9(2)12-8-10-4-3-5-11(12)7-6-10/h9-11H,3-8H2,1-2H3. The fourth-order valence-electron chi connectivity index (χ4n) is 2.95. The Morgan fingerprint density at radius 3 is 2.67 bits per heavy atom. The van der Waals surface area contributed by atoms with Gasteiger partial charge in [0.05, 0.1) is 0 Å². The minimum Gasteiger partial charge on any atom is -0.298 e. The Morgan fingerprint density at radius 2 is 1.92 bits per heavy atom. The molecule has 2 aliphatic heterocycles. The van der Waals surface area contributed by atoms with Crippen LogP contribution < -0.4 is 0 Å². The molecule has 1 aliphatic carbocycles. The van der Waals surface area contributed by atoms with Gasteiger partial charge in [-0.05, 0) is 45.4 Å². The third-order valence-corrected chi connectivity index (χ3v) is 3.66. The van der Waals surface area contributed by atoms with Crippen molar-refractivity contribution in [3.63, 3.8) is 0 Å². The molecule has 0 spiro atoms. The van der Waals surface area contributed by atoms with Gasteiger partial charge < -0.3 is 0 Å². The molecule has 0 N–H and O–H groups in total. The van der Waals surface area contributed by atoms with Gasteiger partial charge in [0.2, 0.25) is 0 Å². The quantitative estimate of drug-likeness (QED) is 0.580. The smallest absolute Gasteiger partial charge is 0.00981 e. The molecule has 2 atom stereocenters. The highest BCUT2D eigenvalue weighted by Crippen LogP contribution is 2.33. The molecule has 0 aromatic carbocycles. The monoisotopic (exact) mass is 167 g/mol. The van der Waals surface area contributed by atoms with E-state index in [4.69, 9.17) is 0 Å². The molecule has 2 unspecified atom stereocenters. The van der Waals surface area contributed by atoms with Crippen LogP contribution in [0.3, 0.4) is 0 Å². The molecule has 2 bridgehead atoms. The second-order valence-corrected chi connectivity index (χ2v) is 4.82. The van der Waals surface area contributed by atoms with E-state index in [1.165, 1.54) is 38.6 Å². The summed E-state index contributed by atoms with van der Waals surface area (Å²) in [5.41, 5.74) is 0. The van der Waals surface area contributed by atoms with Crippen molar-refractivity contribution in [2.24, 2.45) is 5.92 Å². The summed E-state index contributed by atoms with van der Waals surface area (Å²) < 4.78 is 0. The molecule has 2 saturated heterocycles. The third kappa shape index (κ3) is 1.52. The second kappa shape index (κ2) is 3.37. The first kappa shape index (κ1) is 8.55. The Hall–Kier alpha value is -0.0400. The summed E-state index contributed by atoms with van der Waals surface area (Å²) in [6.07, 6.45) is 7.43. The zero-order chi connectivity index (χ0) is 8.55. The van der Waals surface area contributed by atoms with Crippen molar-refractivity contribution >= 4 is 0 Å². The molecular formula is C11H21N. The predicted molar refractivity (Wildman–Crippen MR) is 52.2 cm³/mol. The lowest BCUT2D eigenvalue weighted by molar-refractivity contribution is 0.0914. The first-order valence-electron chi connectivity index (χ1n) is 5.53. The molecule has 0 amide bonds. The van der Waals surface area contributed by atoms with E-state index in [1.54, 1.807) is 0 Å². The first-order valence-corrected chi connectivity index (χ1v) is 5.53. The summed E-state index contributed by atoms with van der Waals surface area (Å²) in [5, 5.41) is 0. The summed E-state index contributed by atoms with van der Waals surface area (Å²) in [6, 6.07) is 1.71. The second-order valence-electron chi connectivity index (χ2n) is 4.82. The molecule has 3 aliphatic rings. The fraction of sp³-hybridized carbons (Fsp3) is 1.00. The Morgan fingerprint density at radius 1 is 1.08 bits per heavy atom. The zero-order valence-corrected chi connectivity index (χ0v) is 8.42. The van der Waals surface area contributed by atoms with Crippen LogP contribution in [0.25, 0.3) is 0 Å². The minimum atomic E-state index is 0.774. The highest BCUT2D eigenvalue weighted by molar-refractivity contribution is 4.86. The van der Waals surface area contributed by atoms with Crippen molar-refractivity contribution in [1.82, 2.24) is 4.90 Å². The van der Waals surface area contributed by atoms with Crippen molar-refractivity contribution in [3.05, 3.63) is 0 Å². The third-order valence-electron chi connectivity index (χ3n) is 3.66. The van der Waals surface area contributed by atoms with Crippen molar-refractivity contribution in [3.8, 4) is 0 Å². The molecule has 12 heavy (non-hydrogen) atoms. The number of piperidine rings is 1. The average Bonchev–Trinajstić information content (AvgIpc) is 2.36. The normalized spacial score (nSPS) is 37.2. The van der Waals surface area contributed by atoms with E-state index in [-0.39, 0.29) is 0 Å². The Kier molecular flexibility index (Phi) is 2.40. The van der Waals surface area contributed by atoms with Gasteiger partial charge >= 0.3 is 0 Å². The molecular weight excluding hydrogens is 146 g/mol. The zero-order valence-electron chi connectivity index (χ0n) is 8.42. The van der Waals surface area contributed by atoms with E-state index < -0.39 is 0 Å². The van der Waals surface area contributed by atoms with E-state index in [9.17, 15) is 0 Å². The molecule has 0 radical (unpaired) electrons. The van der Waals surface area contributed by atoms with Crippen LogP contribution in [0, 0.1) is 5.92 Å². The highest BCUT2D eigenvalue weighted by Gasteiger charge is 2.32. The number of rotatable bonds is 1. The van der Waals surface area contributed by atoms with Gasteiger partial charge in [-0.3, -0.25) is 4.90 Å². The molecule has 2 heterocycles. The van der Waals surface area contributed by atoms with Crippen molar-refractivity contribution < 1.29 is 0 Å². The van der Waals surface area contributed by atoms with Crippen LogP contribution in [0.15, 0.2) is 0 Å². The van der Waals surface area contributed by atoms with Crippen LogP contribution in [0.2, 0.25) is 0 Å². The van der Waals surface area contributed by atoms with E-state index >= 15 is 0 Å². The number of hydrogen-bond acceptors (Lipinski definition) is 1. The molecule has 0 aromatic rings. The van der Waals surface area contributed by atoms with Gasteiger partial charge in [-0.2, -0.15) is 0 Å². The van der Waals surface area contributed by atoms with Gasteiger partial charge in [0.1, 0.15) is 0 Å². The summed E-state index contributed by atoms with van der Waals surface area (Å²) in [5.74, 6) is 1.03. The van der Waals surface area contributed by atoms with E-state index in [1.807, 2.05) is 0 Å². The number of nitrogens with zero attached hydrogens (tertiary/aromatic N) is 1. The average molecular weight is 167 g/mol. The van der Waals surface area contributed by atoms with Crippen LogP contribution in [0.5, 0.6) is 0 Å². The van der Waals surface area contributed by atoms with E-state index in [2.05, 4.69) is 18.7 Å². The van der Waals surface area contributed by atoms with Gasteiger partial charge in [0.25, 0.3) is 0 Å². The Balaban J connectivity index is 2.06. The van der Waals surface area contributed by atoms with Crippen LogP contribution in [-0.2, 0) is 0 Å². The van der Waals surface area contributed by atoms with Crippen molar-refractivity contribution in [2.75, 3.05) is 6.54 Å². The van der Waals surface area contributed by atoms with Gasteiger partial charge in [0, 0.05) is 18.6 Å². The largest absolute Gasteiger partial charge is 0.298 e. The summed E-state index contributed by atoms with van der Waals surface area (Å²) in [4.78, 5) is 2.74. The van der Waals surface area contributed by atoms with Crippen LogP contribution in [0.1, 0.15) is 46.0 Å². The van der Waals surface area contributed by atoms with Crippen molar-refractivity contribution in [1.29, 1.82) is 0 Å². The minimum absolute atomic E-state index is 0.774. The van der Waals surface area contributed by atoms with Gasteiger partial charge in [-0.1, -0.05) is 6.42 Å². The maximum atomic E-state index is 2.74. The lowest BCUT2D eigenvalue weighted by Crippen LogP contribution is -2.45. The summed E-state index contributed by atoms with van der Waals surface area (Å²) in [7, 11) is 0. The number of hydrogen-bond donors (Lipinski definition) is 0. The Labute approximate surface area is 76.1 Å². The highest BCUT2D eigenvalue weighted by atomic mass is 15.2. The lowest BCUT2D eigenvalue weighted by Gasteiger charge is -2.39. The topological polar surface area (TPSA) is 3.24 Å². The van der Waals surface area contributed by atoms with Crippen LogP contribution >= 0.6 is 0 Å². The summed E-state index contributed by atoms with van der Waals surface area (Å²) >= 11 is 0. The molecule has 1 saturated carbocycles. The molecule has 1 nitrogen and oxygen atoms in total. The maximum Gasteiger partial charge on any atom is 0.00981 e. The maximum absolute atomic E-state index is 2.74. The molecule has 70 valence electrons. The first-order chi connectivity index (χ1) is 5.77. The van der Waals surface area contributed by atoms with Gasteiger partial charge in [-0.25, -0.2) is 0 Å². The predicted octanol–water partition coefficient (Wildman–Crippen LogP) is 2.66. The van der Waals surface area contributed by atoms with Crippen LogP contribution in [0.4, 0.5) is 0 Å². The van der Waals surface area contributed by atoms with Crippen LogP contribution in [-0.4, -0.2) is 23.5 Å². The van der Waals surface area contributed by atoms with Gasteiger partial charge in [-0.15, -0.1) is 0 Å². The van der Waals surface area contributed by atoms with Gasteiger partial charge in [0.15, 0.2) is 0 Å². The number of fused-ring (bicyclic) bond motifs is 4. The van der Waals surface area contributed by atoms with E-state index in [0.29, 0.717) is 0 Å². The van der Waals surface area contributed by atoms with E-state index in [0.717, 1.165) is 18.0 Å². The molecule has 3 fully saturated rings. The Bertz CT molecular complexity index is 149. The SMILES string of the molecule is CC(C)N1CC2CCCC1CC2. The molecule has 0 aromatic heterocycles. The van der Waals surface area contributed by atoms with Crippen molar-refractivity contribution in [2.45, 2.75) is 58.0 Å². The molecule has 3 rings (SSSR count). The lowest BCUT2D eigenvalue weighted by atomic mass is 9.94.